The topological polar surface area (TPSA) is 41.5 Å². The van der Waals surface area contributed by atoms with Gasteiger partial charge in [0.2, 0.25) is 0 Å². The van der Waals surface area contributed by atoms with Gasteiger partial charge < -0.3 is 15.2 Å². The van der Waals surface area contributed by atoms with Crippen LogP contribution in [0.1, 0.15) is 65.2 Å². The van der Waals surface area contributed by atoms with Crippen molar-refractivity contribution in [3.8, 4) is 0 Å². The Morgan fingerprint density at radius 2 is 2.06 bits per heavy atom. The summed E-state index contributed by atoms with van der Waals surface area (Å²) in [5, 5.41) is 13.7. The number of ether oxygens (including phenoxy) is 1. The van der Waals surface area contributed by atoms with Gasteiger partial charge in [-0.2, -0.15) is 0 Å². The fraction of sp³-hybridized carbons (Fsp3) is 1.00. The summed E-state index contributed by atoms with van der Waals surface area (Å²) in [5.74, 6) is 0. The highest BCUT2D eigenvalue weighted by molar-refractivity contribution is 4.94. The average molecular weight is 255 g/mol. The maximum atomic E-state index is 10.4. The predicted octanol–water partition coefficient (Wildman–Crippen LogP) is 2.62. The van der Waals surface area contributed by atoms with Gasteiger partial charge in [-0.15, -0.1) is 0 Å². The Bertz CT molecular complexity index is 259. The summed E-state index contributed by atoms with van der Waals surface area (Å²) in [7, 11) is 0. The third-order valence-corrected chi connectivity index (χ3v) is 4.61. The zero-order valence-electron chi connectivity index (χ0n) is 12.0. The van der Waals surface area contributed by atoms with Crippen molar-refractivity contribution in [3.63, 3.8) is 0 Å². The van der Waals surface area contributed by atoms with Gasteiger partial charge in [0.1, 0.15) is 0 Å². The molecule has 1 heterocycles. The first-order valence-corrected chi connectivity index (χ1v) is 7.66. The quantitative estimate of drug-likeness (QED) is 0.717. The van der Waals surface area contributed by atoms with Crippen molar-refractivity contribution in [2.24, 2.45) is 0 Å². The van der Waals surface area contributed by atoms with E-state index in [1.165, 1.54) is 32.1 Å². The SMILES string of the molecule is CCNCCC(C)(O)CC1CCC2(CCCC2)O1. The van der Waals surface area contributed by atoms with Crippen LogP contribution < -0.4 is 5.32 Å². The third-order valence-electron chi connectivity index (χ3n) is 4.61. The van der Waals surface area contributed by atoms with Crippen LogP contribution in [0.5, 0.6) is 0 Å². The number of nitrogens with one attached hydrogen (secondary N) is 1. The molecule has 106 valence electrons. The molecule has 2 rings (SSSR count). The maximum Gasteiger partial charge on any atom is 0.0687 e. The summed E-state index contributed by atoms with van der Waals surface area (Å²) in [6, 6.07) is 0. The Morgan fingerprint density at radius 3 is 2.72 bits per heavy atom. The summed E-state index contributed by atoms with van der Waals surface area (Å²) in [6.07, 6.45) is 9.35. The van der Waals surface area contributed by atoms with Crippen LogP contribution in [0.3, 0.4) is 0 Å². The van der Waals surface area contributed by atoms with Crippen LogP contribution >= 0.6 is 0 Å². The molecule has 2 atom stereocenters. The molecular formula is C15H29NO2. The zero-order valence-corrected chi connectivity index (χ0v) is 12.0. The van der Waals surface area contributed by atoms with Crippen LogP contribution in [0.15, 0.2) is 0 Å². The fourth-order valence-electron chi connectivity index (χ4n) is 3.55. The predicted molar refractivity (Wildman–Crippen MR) is 73.7 cm³/mol. The molecular weight excluding hydrogens is 226 g/mol. The Morgan fingerprint density at radius 1 is 1.33 bits per heavy atom. The van der Waals surface area contributed by atoms with Crippen LogP contribution in [0.4, 0.5) is 0 Å². The van der Waals surface area contributed by atoms with Crippen molar-refractivity contribution in [2.45, 2.75) is 82.5 Å². The standard InChI is InChI=1S/C15H29NO2/c1-3-16-11-10-14(2,17)12-13-6-9-15(18-13)7-4-5-8-15/h13,16-17H,3-12H2,1-2H3. The van der Waals surface area contributed by atoms with Crippen molar-refractivity contribution >= 4 is 0 Å². The molecule has 2 fully saturated rings. The minimum absolute atomic E-state index is 0.197. The molecule has 0 bridgehead atoms. The normalized spacial score (nSPS) is 29.8. The van der Waals surface area contributed by atoms with E-state index in [1.54, 1.807) is 0 Å². The molecule has 3 nitrogen and oxygen atoms in total. The Balaban J connectivity index is 1.76. The number of aliphatic hydroxyl groups is 1. The minimum Gasteiger partial charge on any atom is -0.390 e. The van der Waals surface area contributed by atoms with Crippen LogP contribution in [0, 0.1) is 0 Å². The first-order chi connectivity index (χ1) is 8.55. The molecule has 2 N–H and O–H groups in total. The van der Waals surface area contributed by atoms with Gasteiger partial charge in [0.05, 0.1) is 17.3 Å². The smallest absolute Gasteiger partial charge is 0.0687 e. The van der Waals surface area contributed by atoms with E-state index in [2.05, 4.69) is 12.2 Å². The number of hydrogen-bond donors (Lipinski definition) is 2. The summed E-state index contributed by atoms with van der Waals surface area (Å²) >= 11 is 0. The minimum atomic E-state index is -0.586. The highest BCUT2D eigenvalue weighted by atomic mass is 16.5. The third kappa shape index (κ3) is 3.69. The second-order valence-electron chi connectivity index (χ2n) is 6.47. The van der Waals surface area contributed by atoms with Crippen molar-refractivity contribution in [1.82, 2.24) is 5.32 Å². The lowest BCUT2D eigenvalue weighted by atomic mass is 9.92. The Hall–Kier alpha value is -0.120. The van der Waals surface area contributed by atoms with Gasteiger partial charge in [0, 0.05) is 6.42 Å². The van der Waals surface area contributed by atoms with Crippen LogP contribution in [0.2, 0.25) is 0 Å². The lowest BCUT2D eigenvalue weighted by Crippen LogP contribution is -2.35. The van der Waals surface area contributed by atoms with Crippen molar-refractivity contribution in [2.75, 3.05) is 13.1 Å². The summed E-state index contributed by atoms with van der Waals surface area (Å²) < 4.78 is 6.27. The molecule has 1 saturated carbocycles. The van der Waals surface area contributed by atoms with E-state index in [0.29, 0.717) is 0 Å². The second-order valence-corrected chi connectivity index (χ2v) is 6.47. The molecule has 0 aromatic rings. The van der Waals surface area contributed by atoms with Crippen molar-refractivity contribution < 1.29 is 9.84 Å². The Labute approximate surface area is 111 Å². The van der Waals surface area contributed by atoms with Crippen LogP contribution in [-0.2, 0) is 4.74 Å². The first-order valence-electron chi connectivity index (χ1n) is 7.66. The monoisotopic (exact) mass is 255 g/mol. The van der Waals surface area contributed by atoms with Gasteiger partial charge in [0.15, 0.2) is 0 Å². The highest BCUT2D eigenvalue weighted by Crippen LogP contribution is 2.44. The summed E-state index contributed by atoms with van der Waals surface area (Å²) in [6.45, 7) is 5.91. The molecule has 2 unspecified atom stereocenters. The molecule has 1 saturated heterocycles. The molecule has 0 amide bonds. The number of hydrogen-bond acceptors (Lipinski definition) is 3. The molecule has 0 aromatic carbocycles. The summed E-state index contributed by atoms with van der Waals surface area (Å²) in [5.41, 5.74) is -0.389. The largest absolute Gasteiger partial charge is 0.390 e. The van der Waals surface area contributed by atoms with E-state index in [-0.39, 0.29) is 11.7 Å². The van der Waals surface area contributed by atoms with Crippen LogP contribution in [0.25, 0.3) is 0 Å². The zero-order chi connectivity index (χ0) is 13.1. The van der Waals surface area contributed by atoms with E-state index in [0.717, 1.165) is 32.4 Å². The van der Waals surface area contributed by atoms with Gasteiger partial charge in [-0.25, -0.2) is 0 Å². The van der Waals surface area contributed by atoms with Gasteiger partial charge in [-0.3, -0.25) is 0 Å². The van der Waals surface area contributed by atoms with E-state index in [1.807, 2.05) is 6.92 Å². The highest BCUT2D eigenvalue weighted by Gasteiger charge is 2.43. The van der Waals surface area contributed by atoms with E-state index < -0.39 is 5.60 Å². The van der Waals surface area contributed by atoms with E-state index >= 15 is 0 Å². The molecule has 3 heteroatoms. The molecule has 0 aromatic heterocycles. The van der Waals surface area contributed by atoms with Gasteiger partial charge in [0.25, 0.3) is 0 Å². The second kappa shape index (κ2) is 5.89. The van der Waals surface area contributed by atoms with E-state index in [9.17, 15) is 5.11 Å². The molecule has 1 aliphatic carbocycles. The molecule has 0 radical (unpaired) electrons. The first kappa shape index (κ1) is 14.3. The van der Waals surface area contributed by atoms with Gasteiger partial charge >= 0.3 is 0 Å². The molecule has 2 aliphatic rings. The molecule has 1 spiro atoms. The van der Waals surface area contributed by atoms with Gasteiger partial charge in [-0.1, -0.05) is 19.8 Å². The van der Waals surface area contributed by atoms with Crippen molar-refractivity contribution in [1.29, 1.82) is 0 Å². The average Bonchev–Trinajstić information content (AvgIpc) is 2.90. The van der Waals surface area contributed by atoms with E-state index in [4.69, 9.17) is 4.74 Å². The van der Waals surface area contributed by atoms with Crippen LogP contribution in [-0.4, -0.2) is 35.5 Å². The van der Waals surface area contributed by atoms with Gasteiger partial charge in [-0.05, 0) is 52.1 Å². The lowest BCUT2D eigenvalue weighted by Gasteiger charge is -2.29. The number of rotatable bonds is 6. The maximum absolute atomic E-state index is 10.4. The Kier molecular flexibility index (Phi) is 4.68. The molecule has 1 aliphatic heterocycles. The molecule has 18 heavy (non-hydrogen) atoms. The fourth-order valence-corrected chi connectivity index (χ4v) is 3.55. The summed E-state index contributed by atoms with van der Waals surface area (Å²) in [4.78, 5) is 0. The lowest BCUT2D eigenvalue weighted by molar-refractivity contribution is -0.0728. The van der Waals surface area contributed by atoms with Crippen molar-refractivity contribution in [3.05, 3.63) is 0 Å².